The maximum atomic E-state index is 11.5. The van der Waals surface area contributed by atoms with Crippen LogP contribution in [0.25, 0.3) is 0 Å². The van der Waals surface area contributed by atoms with E-state index in [1.807, 2.05) is 6.92 Å². The fourth-order valence-corrected chi connectivity index (χ4v) is 1.52. The van der Waals surface area contributed by atoms with Gasteiger partial charge in [0.15, 0.2) is 0 Å². The number of amides is 1. The van der Waals surface area contributed by atoms with Gasteiger partial charge in [-0.05, 0) is 36.7 Å². The monoisotopic (exact) mass is 301 g/mol. The largest absolute Gasteiger partial charge is 0.444 e. The third-order valence-electron chi connectivity index (χ3n) is 1.69. The first kappa shape index (κ1) is 13.9. The number of anilines is 1. The lowest BCUT2D eigenvalue weighted by Gasteiger charge is -2.19. The van der Waals surface area contributed by atoms with E-state index in [2.05, 4.69) is 31.2 Å². The zero-order chi connectivity index (χ0) is 13.1. The molecule has 17 heavy (non-hydrogen) atoms. The van der Waals surface area contributed by atoms with Gasteiger partial charge in [-0.2, -0.15) is 0 Å². The number of rotatable bonds is 2. The lowest BCUT2D eigenvalue weighted by atomic mass is 10.2. The molecule has 0 aliphatic rings. The Morgan fingerprint density at radius 3 is 2.65 bits per heavy atom. The number of aryl methyl sites for hydroxylation is 1. The van der Waals surface area contributed by atoms with Crippen molar-refractivity contribution in [1.29, 1.82) is 0 Å². The van der Waals surface area contributed by atoms with Crippen LogP contribution in [0.1, 0.15) is 33.5 Å². The highest BCUT2D eigenvalue weighted by Crippen LogP contribution is 2.14. The zero-order valence-corrected chi connectivity index (χ0v) is 12.0. The molecular formula is C11H16BrN3O2. The van der Waals surface area contributed by atoms with Gasteiger partial charge in [0.1, 0.15) is 21.8 Å². The van der Waals surface area contributed by atoms with Gasteiger partial charge < -0.3 is 4.74 Å². The summed E-state index contributed by atoms with van der Waals surface area (Å²) in [5.74, 6) is 1.09. The Balaban J connectivity index is 2.74. The second-order valence-corrected chi connectivity index (χ2v) is 5.29. The molecule has 94 valence electrons. The molecule has 1 heterocycles. The van der Waals surface area contributed by atoms with E-state index in [4.69, 9.17) is 4.74 Å². The van der Waals surface area contributed by atoms with Crippen LogP contribution in [0.4, 0.5) is 10.6 Å². The van der Waals surface area contributed by atoms with E-state index in [1.165, 1.54) is 0 Å². The van der Waals surface area contributed by atoms with E-state index in [0.29, 0.717) is 22.7 Å². The van der Waals surface area contributed by atoms with E-state index in [0.717, 1.165) is 0 Å². The Kier molecular flexibility index (Phi) is 4.45. The fraction of sp³-hybridized carbons (Fsp3) is 0.545. The van der Waals surface area contributed by atoms with Gasteiger partial charge in [0.25, 0.3) is 0 Å². The molecule has 0 spiro atoms. The van der Waals surface area contributed by atoms with E-state index in [1.54, 1.807) is 26.8 Å². The Morgan fingerprint density at radius 2 is 2.12 bits per heavy atom. The third-order valence-corrected chi connectivity index (χ3v) is 2.09. The fourth-order valence-electron chi connectivity index (χ4n) is 1.10. The predicted octanol–water partition coefficient (Wildman–Crippen LogP) is 3.15. The quantitative estimate of drug-likeness (QED) is 0.852. The number of ether oxygens (including phenoxy) is 1. The van der Waals surface area contributed by atoms with Crippen molar-refractivity contribution in [2.24, 2.45) is 0 Å². The molecule has 0 aliphatic heterocycles. The van der Waals surface area contributed by atoms with Crippen LogP contribution in [0.15, 0.2) is 10.7 Å². The topological polar surface area (TPSA) is 64.1 Å². The van der Waals surface area contributed by atoms with Gasteiger partial charge in [0.2, 0.25) is 0 Å². The highest BCUT2D eigenvalue weighted by molar-refractivity contribution is 9.10. The first-order chi connectivity index (χ1) is 7.80. The predicted molar refractivity (Wildman–Crippen MR) is 69.0 cm³/mol. The maximum absolute atomic E-state index is 11.5. The second-order valence-electron chi connectivity index (χ2n) is 4.47. The van der Waals surface area contributed by atoms with Crippen molar-refractivity contribution in [2.45, 2.75) is 39.7 Å². The third kappa shape index (κ3) is 5.12. The average Bonchev–Trinajstić information content (AvgIpc) is 2.13. The minimum atomic E-state index is -0.526. The van der Waals surface area contributed by atoms with Gasteiger partial charge in [-0.1, -0.05) is 6.92 Å². The van der Waals surface area contributed by atoms with Gasteiger partial charge >= 0.3 is 6.09 Å². The Morgan fingerprint density at radius 1 is 1.47 bits per heavy atom. The molecule has 0 saturated heterocycles. The van der Waals surface area contributed by atoms with Crippen LogP contribution in [0.3, 0.4) is 0 Å². The number of hydrogen-bond acceptors (Lipinski definition) is 4. The second kappa shape index (κ2) is 5.44. The van der Waals surface area contributed by atoms with Gasteiger partial charge in [-0.15, -0.1) is 0 Å². The number of aromatic nitrogens is 2. The van der Waals surface area contributed by atoms with Gasteiger partial charge in [0, 0.05) is 12.5 Å². The first-order valence-electron chi connectivity index (χ1n) is 5.33. The molecule has 1 rings (SSSR count). The number of halogens is 1. The summed E-state index contributed by atoms with van der Waals surface area (Å²) in [6.45, 7) is 7.36. The number of carbonyl (C=O) groups excluding carboxylic acids is 1. The van der Waals surface area contributed by atoms with E-state index >= 15 is 0 Å². The summed E-state index contributed by atoms with van der Waals surface area (Å²) in [5.41, 5.74) is -0.526. The van der Waals surface area contributed by atoms with Crippen LogP contribution < -0.4 is 5.32 Å². The summed E-state index contributed by atoms with van der Waals surface area (Å²) in [6, 6.07) is 1.63. The summed E-state index contributed by atoms with van der Waals surface area (Å²) in [7, 11) is 0. The summed E-state index contributed by atoms with van der Waals surface area (Å²) in [6.07, 6.45) is 0.174. The van der Waals surface area contributed by atoms with Crippen molar-refractivity contribution in [3.63, 3.8) is 0 Å². The van der Waals surface area contributed by atoms with Crippen LogP contribution in [-0.4, -0.2) is 21.7 Å². The molecular weight excluding hydrogens is 286 g/mol. The molecule has 0 unspecified atom stereocenters. The molecule has 0 aromatic carbocycles. The SMILES string of the molecule is CCc1nc(Br)cc(NC(=O)OC(C)(C)C)n1. The maximum Gasteiger partial charge on any atom is 0.413 e. The minimum absolute atomic E-state index is 0.429. The minimum Gasteiger partial charge on any atom is -0.444 e. The summed E-state index contributed by atoms with van der Waals surface area (Å²) < 4.78 is 5.76. The van der Waals surface area contributed by atoms with Crippen molar-refractivity contribution >= 4 is 27.8 Å². The molecule has 0 radical (unpaired) electrons. The molecule has 0 aliphatic carbocycles. The number of nitrogens with zero attached hydrogens (tertiary/aromatic N) is 2. The van der Waals surface area contributed by atoms with E-state index in [-0.39, 0.29) is 0 Å². The average molecular weight is 302 g/mol. The van der Waals surface area contributed by atoms with Crippen LogP contribution >= 0.6 is 15.9 Å². The molecule has 1 aromatic heterocycles. The van der Waals surface area contributed by atoms with E-state index < -0.39 is 11.7 Å². The smallest absolute Gasteiger partial charge is 0.413 e. The Bertz CT molecular complexity index is 416. The van der Waals surface area contributed by atoms with Crippen molar-refractivity contribution < 1.29 is 9.53 Å². The molecule has 5 nitrogen and oxygen atoms in total. The van der Waals surface area contributed by atoms with Gasteiger partial charge in [0.05, 0.1) is 0 Å². The Labute approximate surface area is 109 Å². The van der Waals surface area contributed by atoms with Crippen molar-refractivity contribution in [1.82, 2.24) is 9.97 Å². The number of nitrogens with one attached hydrogen (secondary N) is 1. The molecule has 0 atom stereocenters. The normalized spacial score (nSPS) is 11.1. The molecule has 0 bridgehead atoms. The lowest BCUT2D eigenvalue weighted by Crippen LogP contribution is -2.27. The first-order valence-corrected chi connectivity index (χ1v) is 6.13. The Hall–Kier alpha value is -1.17. The molecule has 1 aromatic rings. The highest BCUT2D eigenvalue weighted by atomic mass is 79.9. The molecule has 6 heteroatoms. The van der Waals surface area contributed by atoms with Gasteiger partial charge in [-0.3, -0.25) is 5.32 Å². The molecule has 0 fully saturated rings. The highest BCUT2D eigenvalue weighted by Gasteiger charge is 2.16. The standard InChI is InChI=1S/C11H16BrN3O2/c1-5-8-13-7(12)6-9(14-8)15-10(16)17-11(2,3)4/h6H,5H2,1-4H3,(H,13,14,15,16). The number of carbonyl (C=O) groups is 1. The molecule has 1 N–H and O–H groups in total. The number of hydrogen-bond donors (Lipinski definition) is 1. The van der Waals surface area contributed by atoms with Crippen LogP contribution in [0.2, 0.25) is 0 Å². The molecule has 1 amide bonds. The zero-order valence-electron chi connectivity index (χ0n) is 10.4. The molecule has 0 saturated carbocycles. The van der Waals surface area contributed by atoms with E-state index in [9.17, 15) is 4.79 Å². The van der Waals surface area contributed by atoms with Crippen molar-refractivity contribution in [2.75, 3.05) is 5.32 Å². The summed E-state index contributed by atoms with van der Waals surface area (Å²) in [5, 5.41) is 2.57. The summed E-state index contributed by atoms with van der Waals surface area (Å²) in [4.78, 5) is 19.8. The lowest BCUT2D eigenvalue weighted by molar-refractivity contribution is 0.0635. The van der Waals surface area contributed by atoms with Crippen LogP contribution in [0, 0.1) is 0 Å². The van der Waals surface area contributed by atoms with Crippen molar-refractivity contribution in [3.8, 4) is 0 Å². The van der Waals surface area contributed by atoms with Gasteiger partial charge in [-0.25, -0.2) is 14.8 Å². The van der Waals surface area contributed by atoms with Crippen LogP contribution in [0.5, 0.6) is 0 Å². The summed E-state index contributed by atoms with van der Waals surface area (Å²) >= 11 is 3.26. The van der Waals surface area contributed by atoms with Crippen molar-refractivity contribution in [3.05, 3.63) is 16.5 Å². The van der Waals surface area contributed by atoms with Crippen LogP contribution in [-0.2, 0) is 11.2 Å².